The van der Waals surface area contributed by atoms with Crippen molar-refractivity contribution in [1.29, 1.82) is 0 Å². The van der Waals surface area contributed by atoms with E-state index in [1.54, 1.807) is 0 Å². The van der Waals surface area contributed by atoms with Crippen LogP contribution in [0.5, 0.6) is 0 Å². The molecule has 2 aliphatic rings. The Morgan fingerprint density at radius 3 is 1.85 bits per heavy atom. The molecule has 2 rings (SSSR count). The molecule has 4 heteroatoms. The number of carbonyl (C=O) groups excluding carboxylic acids is 3. The van der Waals surface area contributed by atoms with Crippen LogP contribution in [-0.4, -0.2) is 24.0 Å². The summed E-state index contributed by atoms with van der Waals surface area (Å²) in [6.45, 7) is 0.557. The second kappa shape index (κ2) is 6.82. The zero-order valence-electron chi connectivity index (χ0n) is 12.0. The van der Waals surface area contributed by atoms with Gasteiger partial charge in [0.25, 0.3) is 0 Å². The number of rotatable bonds is 0. The molecule has 0 aromatic carbocycles. The van der Waals surface area contributed by atoms with Crippen molar-refractivity contribution in [3.8, 4) is 0 Å². The number of allylic oxidation sites excluding steroid dienone is 2. The second-order valence-electron chi connectivity index (χ2n) is 5.80. The van der Waals surface area contributed by atoms with Crippen molar-refractivity contribution in [2.45, 2.75) is 57.8 Å². The van der Waals surface area contributed by atoms with Gasteiger partial charge in [-0.05, 0) is 25.0 Å². The Balaban J connectivity index is 2.11. The molecule has 1 heterocycles. The predicted octanol–water partition coefficient (Wildman–Crippen LogP) is 2.32. The van der Waals surface area contributed by atoms with E-state index in [1.165, 1.54) is 31.4 Å². The highest BCUT2D eigenvalue weighted by atomic mass is 16.2. The van der Waals surface area contributed by atoms with Gasteiger partial charge in [-0.2, -0.15) is 0 Å². The fraction of sp³-hybridized carbons (Fsp3) is 0.688. The van der Waals surface area contributed by atoms with E-state index in [0.717, 1.165) is 32.1 Å². The molecule has 0 atom stereocenters. The fourth-order valence-electron chi connectivity index (χ4n) is 3.07. The van der Waals surface area contributed by atoms with Crippen LogP contribution in [0.4, 0.5) is 0 Å². The van der Waals surface area contributed by atoms with Crippen LogP contribution in [-0.2, 0) is 14.4 Å². The number of hydrogen-bond donors (Lipinski definition) is 1. The van der Waals surface area contributed by atoms with Gasteiger partial charge in [-0.25, -0.2) is 0 Å². The molecule has 0 aromatic rings. The molecule has 20 heavy (non-hydrogen) atoms. The first-order chi connectivity index (χ1) is 9.68. The van der Waals surface area contributed by atoms with Crippen LogP contribution in [0, 0.1) is 5.41 Å². The summed E-state index contributed by atoms with van der Waals surface area (Å²) in [5, 5.41) is 2.79. The summed E-state index contributed by atoms with van der Waals surface area (Å²) in [5.41, 5.74) is -1.45. The van der Waals surface area contributed by atoms with Gasteiger partial charge in [0.05, 0.1) is 0 Å². The molecule has 4 nitrogen and oxygen atoms in total. The minimum Gasteiger partial charge on any atom is -0.355 e. The molecule has 1 aliphatic carbocycles. The quantitative estimate of drug-likeness (QED) is 0.691. The molecule has 1 N–H and O–H groups in total. The summed E-state index contributed by atoms with van der Waals surface area (Å²) in [6, 6.07) is 0. The van der Waals surface area contributed by atoms with Gasteiger partial charge < -0.3 is 5.32 Å². The van der Waals surface area contributed by atoms with Gasteiger partial charge >= 0.3 is 0 Å². The van der Waals surface area contributed by atoms with Crippen LogP contribution in [0.15, 0.2) is 12.2 Å². The van der Waals surface area contributed by atoms with Crippen molar-refractivity contribution >= 4 is 17.5 Å². The second-order valence-corrected chi connectivity index (χ2v) is 5.80. The first-order valence-electron chi connectivity index (χ1n) is 7.73. The Morgan fingerprint density at radius 2 is 1.25 bits per heavy atom. The lowest BCUT2D eigenvalue weighted by atomic mass is 9.77. The zero-order valence-corrected chi connectivity index (χ0v) is 12.0. The number of ketones is 2. The Hall–Kier alpha value is -1.45. The van der Waals surface area contributed by atoms with Crippen LogP contribution in [0.3, 0.4) is 0 Å². The predicted molar refractivity (Wildman–Crippen MR) is 76.1 cm³/mol. The molecule has 110 valence electrons. The van der Waals surface area contributed by atoms with Gasteiger partial charge in [0.15, 0.2) is 17.0 Å². The highest BCUT2D eigenvalue weighted by Gasteiger charge is 2.52. The molecule has 0 bridgehead atoms. The highest BCUT2D eigenvalue weighted by molar-refractivity contribution is 6.33. The molecule has 1 aliphatic heterocycles. The van der Waals surface area contributed by atoms with Crippen molar-refractivity contribution in [3.05, 3.63) is 12.2 Å². The Morgan fingerprint density at radius 1 is 0.750 bits per heavy atom. The summed E-state index contributed by atoms with van der Waals surface area (Å²) in [5.74, 6) is -1.07. The molecule has 0 saturated carbocycles. The highest BCUT2D eigenvalue weighted by Crippen LogP contribution is 2.33. The van der Waals surface area contributed by atoms with Crippen molar-refractivity contribution in [2.75, 3.05) is 6.54 Å². The SMILES string of the molecule is O=C1C=CC(=O)C12CCCCCCCCCCNC2=O. The van der Waals surface area contributed by atoms with Crippen LogP contribution in [0.2, 0.25) is 0 Å². The van der Waals surface area contributed by atoms with E-state index in [4.69, 9.17) is 0 Å². The molecular formula is C16H23NO3. The Labute approximate surface area is 120 Å². The summed E-state index contributed by atoms with van der Waals surface area (Å²) >= 11 is 0. The van der Waals surface area contributed by atoms with E-state index in [9.17, 15) is 14.4 Å². The van der Waals surface area contributed by atoms with E-state index in [0.29, 0.717) is 13.0 Å². The number of amides is 1. The van der Waals surface area contributed by atoms with Crippen LogP contribution in [0.1, 0.15) is 57.8 Å². The molecule has 0 unspecified atom stereocenters. The summed E-state index contributed by atoms with van der Waals surface area (Å²) in [4.78, 5) is 36.5. The third-order valence-corrected chi connectivity index (χ3v) is 4.38. The third kappa shape index (κ3) is 3.00. The van der Waals surface area contributed by atoms with E-state index in [-0.39, 0.29) is 11.6 Å². The zero-order chi connectivity index (χ0) is 14.4. The minimum absolute atomic E-state index is 0.338. The average molecular weight is 277 g/mol. The summed E-state index contributed by atoms with van der Waals surface area (Å²) in [7, 11) is 0. The molecule has 0 radical (unpaired) electrons. The first-order valence-corrected chi connectivity index (χ1v) is 7.73. The lowest BCUT2D eigenvalue weighted by Gasteiger charge is -2.24. The van der Waals surface area contributed by atoms with Gasteiger partial charge in [0.2, 0.25) is 5.91 Å². The van der Waals surface area contributed by atoms with Crippen molar-refractivity contribution < 1.29 is 14.4 Å². The first kappa shape index (κ1) is 14.9. The van der Waals surface area contributed by atoms with Gasteiger partial charge in [-0.15, -0.1) is 0 Å². The van der Waals surface area contributed by atoms with Crippen molar-refractivity contribution in [1.82, 2.24) is 5.32 Å². The largest absolute Gasteiger partial charge is 0.355 e. The maximum atomic E-state index is 12.4. The number of carbonyl (C=O) groups is 3. The third-order valence-electron chi connectivity index (χ3n) is 4.38. The van der Waals surface area contributed by atoms with Gasteiger partial charge in [0.1, 0.15) is 0 Å². The monoisotopic (exact) mass is 277 g/mol. The van der Waals surface area contributed by atoms with Crippen LogP contribution >= 0.6 is 0 Å². The fourth-order valence-corrected chi connectivity index (χ4v) is 3.07. The maximum Gasteiger partial charge on any atom is 0.242 e. The minimum atomic E-state index is -1.45. The standard InChI is InChI=1S/C16H23NO3/c18-13-9-10-14(19)16(13)11-7-5-3-1-2-4-6-8-12-17-15(16)20/h9-10H,1-8,11-12H2,(H,17,20). The lowest BCUT2D eigenvalue weighted by Crippen LogP contribution is -2.49. The molecule has 1 spiro atoms. The lowest BCUT2D eigenvalue weighted by molar-refractivity contribution is -0.145. The Kier molecular flexibility index (Phi) is 5.10. The van der Waals surface area contributed by atoms with E-state index in [1.807, 2.05) is 0 Å². The Bertz CT molecular complexity index is 407. The van der Waals surface area contributed by atoms with Crippen LogP contribution < -0.4 is 5.32 Å². The smallest absolute Gasteiger partial charge is 0.242 e. The van der Waals surface area contributed by atoms with E-state index < -0.39 is 11.3 Å². The summed E-state index contributed by atoms with van der Waals surface area (Å²) in [6.07, 6.45) is 11.4. The molecular weight excluding hydrogens is 254 g/mol. The number of hydrogen-bond acceptors (Lipinski definition) is 3. The van der Waals surface area contributed by atoms with E-state index in [2.05, 4.69) is 5.32 Å². The van der Waals surface area contributed by atoms with Gasteiger partial charge in [-0.3, -0.25) is 14.4 Å². The van der Waals surface area contributed by atoms with Gasteiger partial charge in [-0.1, -0.05) is 44.9 Å². The molecule has 1 fully saturated rings. The molecule has 0 aromatic heterocycles. The summed E-state index contributed by atoms with van der Waals surface area (Å²) < 4.78 is 0. The normalized spacial score (nSPS) is 24.9. The van der Waals surface area contributed by atoms with E-state index >= 15 is 0 Å². The molecule has 1 saturated heterocycles. The van der Waals surface area contributed by atoms with Crippen molar-refractivity contribution in [3.63, 3.8) is 0 Å². The van der Waals surface area contributed by atoms with Crippen LogP contribution in [0.25, 0.3) is 0 Å². The maximum absolute atomic E-state index is 12.4. The molecule has 1 amide bonds. The average Bonchev–Trinajstić information content (AvgIpc) is 2.73. The van der Waals surface area contributed by atoms with Crippen molar-refractivity contribution in [2.24, 2.45) is 5.41 Å². The topological polar surface area (TPSA) is 63.2 Å². The van der Waals surface area contributed by atoms with Gasteiger partial charge in [0, 0.05) is 6.54 Å². The number of nitrogens with one attached hydrogen (secondary N) is 1.